The molecular formula is C14H18N2. The molecule has 0 fully saturated rings. The maximum Gasteiger partial charge on any atom is 0.0505 e. The molecule has 0 amide bonds. The second kappa shape index (κ2) is 3.89. The maximum absolute atomic E-state index is 6.13. The minimum atomic E-state index is -0.445. The average molecular weight is 214 g/mol. The van der Waals surface area contributed by atoms with E-state index in [0.717, 1.165) is 5.56 Å². The lowest BCUT2D eigenvalue weighted by atomic mass is 9.91. The highest BCUT2D eigenvalue weighted by molar-refractivity contribution is 5.84. The largest absolute Gasteiger partial charge is 0.328 e. The molecule has 0 aliphatic rings. The first-order chi connectivity index (χ1) is 7.53. The lowest BCUT2D eigenvalue weighted by molar-refractivity contribution is 0.508. The molecule has 0 bridgehead atoms. The van der Waals surface area contributed by atoms with Crippen molar-refractivity contribution in [3.8, 4) is 0 Å². The Bertz CT molecular complexity index is 515. The normalized spacial score (nSPS) is 15.0. The fourth-order valence-corrected chi connectivity index (χ4v) is 1.84. The van der Waals surface area contributed by atoms with Crippen molar-refractivity contribution in [3.05, 3.63) is 47.5 Å². The van der Waals surface area contributed by atoms with Crippen LogP contribution < -0.4 is 11.5 Å². The van der Waals surface area contributed by atoms with Crippen molar-refractivity contribution in [1.82, 2.24) is 0 Å². The number of fused-ring (bicyclic) bond motifs is 1. The van der Waals surface area contributed by atoms with Gasteiger partial charge in [0.05, 0.1) is 5.54 Å². The SMILES string of the molecule is Cc1ccc2cc(C(C)(N)CN)ccc2c1. The minimum Gasteiger partial charge on any atom is -0.328 e. The zero-order valence-corrected chi connectivity index (χ0v) is 9.83. The van der Waals surface area contributed by atoms with Gasteiger partial charge in [-0.3, -0.25) is 0 Å². The summed E-state index contributed by atoms with van der Waals surface area (Å²) in [5.41, 5.74) is 13.7. The molecule has 0 radical (unpaired) electrons. The Hall–Kier alpha value is -1.38. The first-order valence-electron chi connectivity index (χ1n) is 5.53. The van der Waals surface area contributed by atoms with Crippen LogP contribution in [0.1, 0.15) is 18.1 Å². The van der Waals surface area contributed by atoms with Crippen LogP contribution in [0.2, 0.25) is 0 Å². The summed E-state index contributed by atoms with van der Waals surface area (Å²) in [4.78, 5) is 0. The van der Waals surface area contributed by atoms with E-state index in [1.165, 1.54) is 16.3 Å². The molecule has 0 aliphatic carbocycles. The first-order valence-corrected chi connectivity index (χ1v) is 5.53. The Morgan fingerprint density at radius 1 is 1.06 bits per heavy atom. The quantitative estimate of drug-likeness (QED) is 0.805. The zero-order chi connectivity index (χ0) is 11.8. The first kappa shape index (κ1) is 11.1. The van der Waals surface area contributed by atoms with Crippen molar-refractivity contribution >= 4 is 10.8 Å². The molecule has 2 heteroatoms. The van der Waals surface area contributed by atoms with Crippen LogP contribution in [-0.2, 0) is 5.54 Å². The number of aryl methyl sites for hydroxylation is 1. The van der Waals surface area contributed by atoms with Gasteiger partial charge in [0.15, 0.2) is 0 Å². The van der Waals surface area contributed by atoms with Gasteiger partial charge < -0.3 is 11.5 Å². The summed E-state index contributed by atoms with van der Waals surface area (Å²) in [6.07, 6.45) is 0. The van der Waals surface area contributed by atoms with Gasteiger partial charge in [0, 0.05) is 6.54 Å². The van der Waals surface area contributed by atoms with Gasteiger partial charge in [-0.2, -0.15) is 0 Å². The third kappa shape index (κ3) is 1.94. The summed E-state index contributed by atoms with van der Waals surface area (Å²) in [7, 11) is 0. The van der Waals surface area contributed by atoms with Crippen molar-refractivity contribution < 1.29 is 0 Å². The van der Waals surface area contributed by atoms with Crippen LogP contribution in [0.4, 0.5) is 0 Å². The molecule has 4 N–H and O–H groups in total. The molecule has 2 nitrogen and oxygen atoms in total. The number of rotatable bonds is 2. The van der Waals surface area contributed by atoms with E-state index >= 15 is 0 Å². The number of nitrogens with two attached hydrogens (primary N) is 2. The third-order valence-corrected chi connectivity index (χ3v) is 3.08. The van der Waals surface area contributed by atoms with Gasteiger partial charge in [-0.25, -0.2) is 0 Å². The predicted octanol–water partition coefficient (Wildman–Crippen LogP) is 2.28. The number of benzene rings is 2. The third-order valence-electron chi connectivity index (χ3n) is 3.08. The number of hydrogen-bond acceptors (Lipinski definition) is 2. The maximum atomic E-state index is 6.13. The van der Waals surface area contributed by atoms with E-state index in [0.29, 0.717) is 6.54 Å². The Kier molecular flexibility index (Phi) is 2.70. The van der Waals surface area contributed by atoms with Crippen molar-refractivity contribution in [3.63, 3.8) is 0 Å². The molecule has 0 spiro atoms. The Balaban J connectivity index is 2.57. The molecule has 2 aromatic rings. The molecular weight excluding hydrogens is 196 g/mol. The van der Waals surface area contributed by atoms with E-state index < -0.39 is 5.54 Å². The Morgan fingerprint density at radius 2 is 1.69 bits per heavy atom. The molecule has 0 heterocycles. The standard InChI is InChI=1S/C14H18N2/c1-10-3-4-12-8-13(14(2,16)9-15)6-5-11(12)7-10/h3-8H,9,15-16H2,1-2H3. The summed E-state index contributed by atoms with van der Waals surface area (Å²) in [6.45, 7) is 4.51. The summed E-state index contributed by atoms with van der Waals surface area (Å²) in [6, 6.07) is 12.7. The van der Waals surface area contributed by atoms with Gasteiger partial charge in [0.1, 0.15) is 0 Å². The molecule has 1 unspecified atom stereocenters. The fraction of sp³-hybridized carbons (Fsp3) is 0.286. The molecule has 0 saturated heterocycles. The zero-order valence-electron chi connectivity index (χ0n) is 9.83. The van der Waals surface area contributed by atoms with Crippen LogP contribution in [0.25, 0.3) is 10.8 Å². The summed E-state index contributed by atoms with van der Waals surface area (Å²) < 4.78 is 0. The van der Waals surface area contributed by atoms with E-state index in [1.807, 2.05) is 6.92 Å². The summed E-state index contributed by atoms with van der Waals surface area (Å²) in [5.74, 6) is 0. The van der Waals surface area contributed by atoms with Crippen LogP contribution in [0.5, 0.6) is 0 Å². The molecule has 16 heavy (non-hydrogen) atoms. The predicted molar refractivity (Wildman–Crippen MR) is 69.3 cm³/mol. The highest BCUT2D eigenvalue weighted by atomic mass is 14.8. The topological polar surface area (TPSA) is 52.0 Å². The molecule has 2 rings (SSSR count). The van der Waals surface area contributed by atoms with Gasteiger partial charge in [0.2, 0.25) is 0 Å². The number of hydrogen-bond donors (Lipinski definition) is 2. The molecule has 0 aromatic heterocycles. The van der Waals surface area contributed by atoms with E-state index in [1.54, 1.807) is 0 Å². The second-order valence-electron chi connectivity index (χ2n) is 4.69. The van der Waals surface area contributed by atoms with Gasteiger partial charge >= 0.3 is 0 Å². The van der Waals surface area contributed by atoms with E-state index in [-0.39, 0.29) is 0 Å². The van der Waals surface area contributed by atoms with Crippen molar-refractivity contribution in [1.29, 1.82) is 0 Å². The van der Waals surface area contributed by atoms with Gasteiger partial charge in [-0.05, 0) is 36.2 Å². The van der Waals surface area contributed by atoms with Crippen LogP contribution in [0.15, 0.2) is 36.4 Å². The van der Waals surface area contributed by atoms with Crippen LogP contribution in [0.3, 0.4) is 0 Å². The highest BCUT2D eigenvalue weighted by Gasteiger charge is 2.18. The monoisotopic (exact) mass is 214 g/mol. The minimum absolute atomic E-state index is 0.445. The van der Waals surface area contributed by atoms with Gasteiger partial charge in [-0.15, -0.1) is 0 Å². The van der Waals surface area contributed by atoms with Gasteiger partial charge in [-0.1, -0.05) is 35.9 Å². The molecule has 84 valence electrons. The fourth-order valence-electron chi connectivity index (χ4n) is 1.84. The summed E-state index contributed by atoms with van der Waals surface area (Å²) >= 11 is 0. The lowest BCUT2D eigenvalue weighted by Gasteiger charge is -2.23. The average Bonchev–Trinajstić information content (AvgIpc) is 2.28. The van der Waals surface area contributed by atoms with E-state index in [4.69, 9.17) is 11.5 Å². The molecule has 0 saturated carbocycles. The van der Waals surface area contributed by atoms with Crippen molar-refractivity contribution in [2.45, 2.75) is 19.4 Å². The lowest BCUT2D eigenvalue weighted by Crippen LogP contribution is -2.40. The Labute approximate surface area is 96.3 Å². The van der Waals surface area contributed by atoms with Gasteiger partial charge in [0.25, 0.3) is 0 Å². The van der Waals surface area contributed by atoms with Crippen LogP contribution in [-0.4, -0.2) is 6.54 Å². The van der Waals surface area contributed by atoms with E-state index in [9.17, 15) is 0 Å². The molecule has 2 aromatic carbocycles. The molecule has 0 aliphatic heterocycles. The Morgan fingerprint density at radius 3 is 2.38 bits per heavy atom. The summed E-state index contributed by atoms with van der Waals surface area (Å²) in [5, 5.41) is 2.46. The van der Waals surface area contributed by atoms with Crippen molar-refractivity contribution in [2.75, 3.05) is 6.54 Å². The smallest absolute Gasteiger partial charge is 0.0505 e. The van der Waals surface area contributed by atoms with Crippen molar-refractivity contribution in [2.24, 2.45) is 11.5 Å². The highest BCUT2D eigenvalue weighted by Crippen LogP contribution is 2.23. The second-order valence-corrected chi connectivity index (χ2v) is 4.69. The molecule has 1 atom stereocenters. The van der Waals surface area contributed by atoms with E-state index in [2.05, 4.69) is 43.3 Å². The van der Waals surface area contributed by atoms with Crippen LogP contribution >= 0.6 is 0 Å². The van der Waals surface area contributed by atoms with Crippen LogP contribution in [0, 0.1) is 6.92 Å².